The third-order valence-electron chi connectivity index (χ3n) is 4.26. The molecule has 4 aromatic rings. The maximum atomic E-state index is 11.9. The number of carbonyl (C=O) groups is 1. The number of aromatic nitrogens is 4. The predicted molar refractivity (Wildman–Crippen MR) is 113 cm³/mol. The summed E-state index contributed by atoms with van der Waals surface area (Å²) >= 11 is 1.66. The number of aromatic amines is 1. The van der Waals surface area contributed by atoms with Gasteiger partial charge >= 0.3 is 6.03 Å². The minimum Gasteiger partial charge on any atom is -0.338 e. The van der Waals surface area contributed by atoms with Crippen molar-refractivity contribution < 1.29 is 4.79 Å². The van der Waals surface area contributed by atoms with Crippen molar-refractivity contribution in [1.29, 1.82) is 0 Å². The van der Waals surface area contributed by atoms with E-state index >= 15 is 0 Å². The largest absolute Gasteiger partial charge is 0.338 e. The summed E-state index contributed by atoms with van der Waals surface area (Å²) in [6.45, 7) is 6.42. The van der Waals surface area contributed by atoms with E-state index in [9.17, 15) is 4.79 Å². The Kier molecular flexibility index (Phi) is 4.79. The average Bonchev–Trinajstić information content (AvgIpc) is 3.23. The van der Waals surface area contributed by atoms with E-state index in [-0.39, 0.29) is 6.03 Å². The monoisotopic (exact) mass is 392 g/mol. The van der Waals surface area contributed by atoms with Gasteiger partial charge in [-0.1, -0.05) is 6.07 Å². The maximum absolute atomic E-state index is 11.9. The highest BCUT2D eigenvalue weighted by Gasteiger charge is 2.16. The van der Waals surface area contributed by atoms with Gasteiger partial charge in [-0.2, -0.15) is 0 Å². The van der Waals surface area contributed by atoms with Gasteiger partial charge in [-0.05, 0) is 50.6 Å². The second kappa shape index (κ2) is 7.40. The molecule has 0 fully saturated rings. The maximum Gasteiger partial charge on any atom is 0.321 e. The van der Waals surface area contributed by atoms with E-state index in [2.05, 4.69) is 36.6 Å². The summed E-state index contributed by atoms with van der Waals surface area (Å²) in [5.74, 6) is 0.396. The molecule has 7 nitrogen and oxygen atoms in total. The summed E-state index contributed by atoms with van der Waals surface area (Å²) in [6, 6.07) is 9.61. The van der Waals surface area contributed by atoms with Crippen LogP contribution in [0.4, 0.5) is 10.7 Å². The molecule has 8 heteroatoms. The molecule has 2 amide bonds. The highest BCUT2D eigenvalue weighted by atomic mass is 32.1. The van der Waals surface area contributed by atoms with E-state index in [1.54, 1.807) is 17.5 Å². The molecular weight excluding hydrogens is 372 g/mol. The SMILES string of the molecule is CCNC(=O)Nc1nc2c(-c3ccccn3)cc(-c3sc(C)nc3C)cc2[nH]1. The van der Waals surface area contributed by atoms with Crippen molar-refractivity contribution in [2.24, 2.45) is 0 Å². The van der Waals surface area contributed by atoms with Gasteiger partial charge in [0, 0.05) is 18.3 Å². The summed E-state index contributed by atoms with van der Waals surface area (Å²) in [4.78, 5) is 29.8. The van der Waals surface area contributed by atoms with E-state index in [1.165, 1.54) is 0 Å². The Labute approximate surface area is 166 Å². The number of imidazole rings is 1. The summed E-state index contributed by atoms with van der Waals surface area (Å²) in [7, 11) is 0. The van der Waals surface area contributed by atoms with E-state index in [1.807, 2.05) is 45.0 Å². The van der Waals surface area contributed by atoms with Gasteiger partial charge in [0.1, 0.15) is 0 Å². The first-order valence-electron chi connectivity index (χ1n) is 8.99. The number of benzene rings is 1. The fourth-order valence-electron chi connectivity index (χ4n) is 3.14. The Balaban J connectivity index is 1.88. The summed E-state index contributed by atoms with van der Waals surface area (Å²) in [5.41, 5.74) is 5.35. The Hall–Kier alpha value is -3.26. The van der Waals surface area contributed by atoms with Crippen LogP contribution in [0, 0.1) is 13.8 Å². The molecule has 0 bridgehead atoms. The first-order valence-corrected chi connectivity index (χ1v) is 9.81. The first-order chi connectivity index (χ1) is 13.5. The number of hydrogen-bond donors (Lipinski definition) is 3. The van der Waals surface area contributed by atoms with Crippen LogP contribution in [0.15, 0.2) is 36.5 Å². The molecule has 0 unspecified atom stereocenters. The minimum atomic E-state index is -0.296. The van der Waals surface area contributed by atoms with Crippen LogP contribution in [-0.4, -0.2) is 32.5 Å². The summed E-state index contributed by atoms with van der Waals surface area (Å²) < 4.78 is 0. The summed E-state index contributed by atoms with van der Waals surface area (Å²) in [6.07, 6.45) is 1.76. The summed E-state index contributed by atoms with van der Waals surface area (Å²) in [5, 5.41) is 6.47. The Morgan fingerprint density at radius 3 is 2.75 bits per heavy atom. The number of aryl methyl sites for hydroxylation is 2. The molecule has 0 atom stereocenters. The molecular formula is C20H20N6OS. The first kappa shape index (κ1) is 18.1. The van der Waals surface area contributed by atoms with Crippen molar-refractivity contribution >= 4 is 34.3 Å². The lowest BCUT2D eigenvalue weighted by atomic mass is 10.0. The van der Waals surface area contributed by atoms with Gasteiger partial charge in [0.05, 0.1) is 32.3 Å². The van der Waals surface area contributed by atoms with Crippen LogP contribution in [0.5, 0.6) is 0 Å². The van der Waals surface area contributed by atoms with Crippen molar-refractivity contribution in [2.45, 2.75) is 20.8 Å². The van der Waals surface area contributed by atoms with Gasteiger partial charge in [0.25, 0.3) is 0 Å². The van der Waals surface area contributed by atoms with Crippen molar-refractivity contribution in [3.63, 3.8) is 0 Å². The lowest BCUT2D eigenvalue weighted by Crippen LogP contribution is -2.28. The number of fused-ring (bicyclic) bond motifs is 1. The predicted octanol–water partition coefficient (Wildman–Crippen LogP) is 4.51. The van der Waals surface area contributed by atoms with Gasteiger partial charge in [-0.25, -0.2) is 14.8 Å². The van der Waals surface area contributed by atoms with Crippen LogP contribution >= 0.6 is 11.3 Å². The molecule has 0 aliphatic carbocycles. The standard InChI is InChI=1S/C20H20N6OS/c1-4-21-20(27)26-19-24-16-10-13(18-11(2)23-12(3)28-18)9-14(17(16)25-19)15-7-5-6-8-22-15/h5-10H,4H2,1-3H3,(H3,21,24,25,26,27). The number of amides is 2. The molecule has 0 aliphatic heterocycles. The lowest BCUT2D eigenvalue weighted by Gasteiger charge is -2.06. The molecule has 0 radical (unpaired) electrons. The van der Waals surface area contributed by atoms with Crippen LogP contribution < -0.4 is 10.6 Å². The number of hydrogen-bond acceptors (Lipinski definition) is 5. The number of carbonyl (C=O) groups excluding carboxylic acids is 1. The number of rotatable bonds is 4. The third-order valence-corrected chi connectivity index (χ3v) is 5.38. The Morgan fingerprint density at radius 2 is 2.07 bits per heavy atom. The number of pyridine rings is 1. The second-order valence-corrected chi connectivity index (χ2v) is 7.56. The molecule has 0 saturated carbocycles. The number of urea groups is 1. The van der Waals surface area contributed by atoms with Crippen molar-refractivity contribution in [2.75, 3.05) is 11.9 Å². The van der Waals surface area contributed by atoms with E-state index in [0.29, 0.717) is 12.5 Å². The van der Waals surface area contributed by atoms with Gasteiger partial charge < -0.3 is 10.3 Å². The van der Waals surface area contributed by atoms with Crippen molar-refractivity contribution in [3.05, 3.63) is 47.2 Å². The zero-order valence-electron chi connectivity index (χ0n) is 15.8. The van der Waals surface area contributed by atoms with Crippen molar-refractivity contribution in [1.82, 2.24) is 25.3 Å². The molecule has 0 saturated heterocycles. The quantitative estimate of drug-likeness (QED) is 0.476. The highest BCUT2D eigenvalue weighted by molar-refractivity contribution is 7.15. The second-order valence-electron chi connectivity index (χ2n) is 6.35. The number of nitrogens with one attached hydrogen (secondary N) is 3. The number of nitrogens with zero attached hydrogens (tertiary/aromatic N) is 3. The van der Waals surface area contributed by atoms with Gasteiger partial charge in [-0.15, -0.1) is 11.3 Å². The number of anilines is 1. The number of thiazole rings is 1. The molecule has 0 aliphatic rings. The Morgan fingerprint density at radius 1 is 1.21 bits per heavy atom. The molecule has 4 rings (SSSR count). The lowest BCUT2D eigenvalue weighted by molar-refractivity contribution is 0.252. The zero-order chi connectivity index (χ0) is 19.7. The van der Waals surface area contributed by atoms with Crippen LogP contribution in [-0.2, 0) is 0 Å². The molecule has 0 spiro atoms. The van der Waals surface area contributed by atoms with E-state index < -0.39 is 0 Å². The van der Waals surface area contributed by atoms with Crippen LogP contribution in [0.3, 0.4) is 0 Å². The van der Waals surface area contributed by atoms with Gasteiger partial charge in [-0.3, -0.25) is 10.3 Å². The Bertz CT molecular complexity index is 1150. The van der Waals surface area contributed by atoms with E-state index in [4.69, 9.17) is 0 Å². The minimum absolute atomic E-state index is 0.296. The molecule has 28 heavy (non-hydrogen) atoms. The zero-order valence-corrected chi connectivity index (χ0v) is 16.6. The number of H-pyrrole nitrogens is 1. The van der Waals surface area contributed by atoms with E-state index in [0.717, 1.165) is 43.4 Å². The normalized spacial score (nSPS) is 11.0. The molecule has 1 aromatic carbocycles. The smallest absolute Gasteiger partial charge is 0.321 e. The molecule has 3 heterocycles. The average molecular weight is 392 g/mol. The fraction of sp³-hybridized carbons (Fsp3) is 0.200. The molecule has 3 N–H and O–H groups in total. The fourth-order valence-corrected chi connectivity index (χ4v) is 4.04. The van der Waals surface area contributed by atoms with Crippen LogP contribution in [0.1, 0.15) is 17.6 Å². The van der Waals surface area contributed by atoms with Crippen molar-refractivity contribution in [3.8, 4) is 21.7 Å². The third kappa shape index (κ3) is 3.46. The van der Waals surface area contributed by atoms with Gasteiger partial charge in [0.15, 0.2) is 0 Å². The molecule has 142 valence electrons. The van der Waals surface area contributed by atoms with Crippen LogP contribution in [0.25, 0.3) is 32.7 Å². The van der Waals surface area contributed by atoms with Crippen LogP contribution in [0.2, 0.25) is 0 Å². The topological polar surface area (TPSA) is 95.6 Å². The molecule has 3 aromatic heterocycles. The highest BCUT2D eigenvalue weighted by Crippen LogP contribution is 2.36. The van der Waals surface area contributed by atoms with Gasteiger partial charge in [0.2, 0.25) is 5.95 Å².